The van der Waals surface area contributed by atoms with Crippen LogP contribution < -0.4 is 4.90 Å². The summed E-state index contributed by atoms with van der Waals surface area (Å²) in [6.45, 7) is 31.6. The first-order valence-corrected chi connectivity index (χ1v) is 22.4. The van der Waals surface area contributed by atoms with Crippen molar-refractivity contribution >= 4 is 23.5 Å². The second-order valence-electron chi connectivity index (χ2n) is 17.7. The Morgan fingerprint density at radius 2 is 1.58 bits per heavy atom. The Morgan fingerprint density at radius 3 is 2.00 bits per heavy atom. The fourth-order valence-corrected chi connectivity index (χ4v) is 7.93. The second-order valence-corrected chi connectivity index (χ2v) is 17.7. The third-order valence-corrected chi connectivity index (χ3v) is 11.5. The van der Waals surface area contributed by atoms with Crippen molar-refractivity contribution in [2.24, 2.45) is 28.7 Å². The molecule has 1 saturated carbocycles. The van der Waals surface area contributed by atoms with E-state index in [-0.39, 0.29) is 5.41 Å². The first-order chi connectivity index (χ1) is 26.1. The van der Waals surface area contributed by atoms with Crippen molar-refractivity contribution in [2.45, 2.75) is 198 Å². The topological polar surface area (TPSA) is 54.8 Å². The number of aliphatic imine (C=N–C) groups is 1. The van der Waals surface area contributed by atoms with Gasteiger partial charge < -0.3 is 9.64 Å². The van der Waals surface area contributed by atoms with E-state index in [1.165, 1.54) is 18.4 Å². The zero-order chi connectivity index (χ0) is 41.3. The average Bonchev–Trinajstić information content (AvgIpc) is 3.31. The van der Waals surface area contributed by atoms with Gasteiger partial charge in [0.15, 0.2) is 0 Å². The fraction of sp³-hybridized carbons (Fsp3) is 0.735. The number of benzene rings is 1. The van der Waals surface area contributed by atoms with E-state index in [0.29, 0.717) is 24.8 Å². The molecule has 0 spiro atoms. The monoisotopic (exact) mass is 764 g/mol. The van der Waals surface area contributed by atoms with Gasteiger partial charge in [0.1, 0.15) is 5.67 Å². The molecule has 2 aromatic rings. The molecule has 1 atom stereocenters. The predicted octanol–water partition coefficient (Wildman–Crippen LogP) is 14.4. The number of amides is 1. The van der Waals surface area contributed by atoms with Gasteiger partial charge in [-0.25, -0.2) is 4.39 Å². The van der Waals surface area contributed by atoms with Crippen LogP contribution in [0.5, 0.6) is 0 Å². The van der Waals surface area contributed by atoms with Gasteiger partial charge in [-0.15, -0.1) is 0 Å². The molecule has 6 heteroatoms. The number of nitrogens with zero attached hydrogens (tertiary/aromatic N) is 3. The highest BCUT2D eigenvalue weighted by atomic mass is 19.1. The minimum Gasteiger partial charge on any atom is -0.381 e. The standard InChI is InChI=1S/C32H45N3O.C7H15F.C6H12O.C4H10/c1-7-12-23-18-25(19-23)35-30-20-24(13-14-26(30)32(15-8-2,16-9-3)31(35)36)29-21-28(33-17-10-4)22(6)27(11-5)34-29;1-4-6-7(3,8)5-2;1-5(2)6-3-7-4-6;1-4(2)3/h13-14,17,20-21,23,25H,7-12,15-16,18-19H2,1-6H3;4-6H2,1-3H3;5-6H,3-4H2,1-2H3;4H,1-3H3. The van der Waals surface area contributed by atoms with E-state index in [1.54, 1.807) is 6.92 Å². The summed E-state index contributed by atoms with van der Waals surface area (Å²) in [7, 11) is 0. The van der Waals surface area contributed by atoms with Gasteiger partial charge in [-0.05, 0) is 106 Å². The van der Waals surface area contributed by atoms with E-state index in [1.807, 2.05) is 20.1 Å². The van der Waals surface area contributed by atoms with Crippen LogP contribution in [0, 0.1) is 30.6 Å². The molecule has 1 saturated heterocycles. The number of pyridine rings is 1. The Labute approximate surface area is 338 Å². The SMILES string of the molecule is CC(C)C.CC(C)C1COC1.CCC=Nc1cc(-c2ccc3c(c2)N(C2CC(CCC)C2)C(=O)C3(CCC)CCC)nc(CC)c1C.CCCC(C)(F)CC. The van der Waals surface area contributed by atoms with E-state index in [2.05, 4.69) is 105 Å². The van der Waals surface area contributed by atoms with Gasteiger partial charge in [-0.1, -0.05) is 127 Å². The molecule has 312 valence electrons. The molecule has 1 unspecified atom stereocenters. The molecule has 2 aliphatic heterocycles. The lowest BCUT2D eigenvalue weighted by Crippen LogP contribution is -2.50. The molecule has 3 aliphatic rings. The zero-order valence-electron chi connectivity index (χ0n) is 37.9. The Balaban J connectivity index is 0.000000449. The second kappa shape index (κ2) is 23.6. The Morgan fingerprint density at radius 1 is 0.964 bits per heavy atom. The maximum atomic E-state index is 14.2. The van der Waals surface area contributed by atoms with Crippen LogP contribution in [0.25, 0.3) is 11.3 Å². The summed E-state index contributed by atoms with van der Waals surface area (Å²) < 4.78 is 17.8. The van der Waals surface area contributed by atoms with E-state index in [9.17, 15) is 9.18 Å². The molecule has 55 heavy (non-hydrogen) atoms. The summed E-state index contributed by atoms with van der Waals surface area (Å²) in [6.07, 6.45) is 14.7. The van der Waals surface area contributed by atoms with E-state index < -0.39 is 5.67 Å². The molecular weight excluding hydrogens is 682 g/mol. The maximum absolute atomic E-state index is 14.2. The van der Waals surface area contributed by atoms with Crippen molar-refractivity contribution in [3.8, 4) is 11.3 Å². The lowest BCUT2D eigenvalue weighted by Gasteiger charge is -2.42. The Hall–Kier alpha value is -2.60. The van der Waals surface area contributed by atoms with Gasteiger partial charge >= 0.3 is 0 Å². The van der Waals surface area contributed by atoms with Crippen molar-refractivity contribution in [1.29, 1.82) is 0 Å². The molecule has 1 aliphatic carbocycles. The van der Waals surface area contributed by atoms with Gasteiger partial charge in [0.25, 0.3) is 0 Å². The van der Waals surface area contributed by atoms with Crippen LogP contribution in [-0.4, -0.2) is 42.0 Å². The van der Waals surface area contributed by atoms with Crippen LogP contribution in [0.3, 0.4) is 0 Å². The zero-order valence-corrected chi connectivity index (χ0v) is 37.9. The van der Waals surface area contributed by atoms with Crippen molar-refractivity contribution in [3.63, 3.8) is 0 Å². The maximum Gasteiger partial charge on any atom is 0.237 e. The number of rotatable bonds is 15. The molecule has 0 radical (unpaired) electrons. The highest BCUT2D eigenvalue weighted by molar-refractivity contribution is 6.09. The molecule has 5 rings (SSSR count). The van der Waals surface area contributed by atoms with Gasteiger partial charge in [0.05, 0.1) is 30.0 Å². The van der Waals surface area contributed by atoms with Crippen LogP contribution in [-0.2, 0) is 21.4 Å². The first kappa shape index (κ1) is 48.5. The summed E-state index contributed by atoms with van der Waals surface area (Å²) in [5.41, 5.74) is 6.39. The minimum atomic E-state index is -0.908. The number of aryl methyl sites for hydroxylation is 1. The molecule has 2 fully saturated rings. The molecule has 1 aromatic carbocycles. The van der Waals surface area contributed by atoms with Gasteiger partial charge in [-0.3, -0.25) is 14.8 Å². The summed E-state index contributed by atoms with van der Waals surface area (Å²) >= 11 is 0. The summed E-state index contributed by atoms with van der Waals surface area (Å²) in [5, 5.41) is 0. The number of carbonyl (C=O) groups excluding carboxylic acids is 1. The first-order valence-electron chi connectivity index (χ1n) is 22.4. The third-order valence-electron chi connectivity index (χ3n) is 11.5. The number of anilines is 1. The highest BCUT2D eigenvalue weighted by Gasteiger charge is 2.53. The van der Waals surface area contributed by atoms with Gasteiger partial charge in [0, 0.05) is 35.1 Å². The minimum absolute atomic E-state index is 0.334. The smallest absolute Gasteiger partial charge is 0.237 e. The Kier molecular flexibility index (Phi) is 20.8. The number of carbonyl (C=O) groups is 1. The average molecular weight is 764 g/mol. The molecule has 3 heterocycles. The molecule has 0 N–H and O–H groups in total. The number of aromatic nitrogens is 1. The molecule has 5 nitrogen and oxygen atoms in total. The normalized spacial score (nSPS) is 19.7. The number of ether oxygens (including phenoxy) is 1. The lowest BCUT2D eigenvalue weighted by atomic mass is 9.73. The Bertz CT molecular complexity index is 1450. The van der Waals surface area contributed by atoms with E-state index in [4.69, 9.17) is 14.7 Å². The van der Waals surface area contributed by atoms with Gasteiger partial charge in [-0.2, -0.15) is 0 Å². The summed E-state index contributed by atoms with van der Waals surface area (Å²) in [6, 6.07) is 9.16. The number of hydrogen-bond acceptors (Lipinski definition) is 4. The van der Waals surface area contributed by atoms with Crippen LogP contribution >= 0.6 is 0 Å². The van der Waals surface area contributed by atoms with Crippen molar-refractivity contribution in [1.82, 2.24) is 4.98 Å². The molecule has 1 aromatic heterocycles. The quantitative estimate of drug-likeness (QED) is 0.170. The summed E-state index contributed by atoms with van der Waals surface area (Å²) in [5.74, 6) is 3.63. The highest BCUT2D eigenvalue weighted by Crippen LogP contribution is 2.52. The fourth-order valence-electron chi connectivity index (χ4n) is 7.93. The van der Waals surface area contributed by atoms with Crippen LogP contribution in [0.1, 0.15) is 184 Å². The number of alkyl halides is 1. The predicted molar refractivity (Wildman–Crippen MR) is 237 cm³/mol. The lowest BCUT2D eigenvalue weighted by molar-refractivity contribution is -0.124. The van der Waals surface area contributed by atoms with Crippen molar-refractivity contribution < 1.29 is 13.9 Å². The molecular formula is C49H82FN3O2. The van der Waals surface area contributed by atoms with Gasteiger partial charge in [0.2, 0.25) is 5.91 Å². The van der Waals surface area contributed by atoms with E-state index in [0.717, 1.165) is 129 Å². The van der Waals surface area contributed by atoms with Crippen LogP contribution in [0.4, 0.5) is 15.8 Å². The molecule has 0 bridgehead atoms. The number of hydrogen-bond donors (Lipinski definition) is 0. The van der Waals surface area contributed by atoms with Crippen LogP contribution in [0.2, 0.25) is 0 Å². The third kappa shape index (κ3) is 13.5. The number of fused-ring (bicyclic) bond motifs is 1. The number of halogens is 1. The summed E-state index contributed by atoms with van der Waals surface area (Å²) in [4.78, 5) is 26.2. The van der Waals surface area contributed by atoms with E-state index >= 15 is 0 Å². The largest absolute Gasteiger partial charge is 0.381 e. The van der Waals surface area contributed by atoms with Crippen molar-refractivity contribution in [3.05, 3.63) is 41.1 Å². The van der Waals surface area contributed by atoms with Crippen molar-refractivity contribution in [2.75, 3.05) is 18.1 Å². The van der Waals surface area contributed by atoms with Crippen LogP contribution in [0.15, 0.2) is 29.3 Å². The molecule has 1 amide bonds.